The van der Waals surface area contributed by atoms with Gasteiger partial charge in [-0.15, -0.1) is 0 Å². The summed E-state index contributed by atoms with van der Waals surface area (Å²) in [5.74, 6) is -5.20. The quantitative estimate of drug-likeness (QED) is 0.0454. The van der Waals surface area contributed by atoms with Gasteiger partial charge in [0.2, 0.25) is 5.91 Å². The van der Waals surface area contributed by atoms with Gasteiger partial charge in [-0.25, -0.2) is 24.4 Å². The fraction of sp³-hybridized carbons (Fsp3) is 0.606. The predicted octanol–water partition coefficient (Wildman–Crippen LogP) is -0.191. The number of carboxylic acids is 5. The molecule has 22 nitrogen and oxygen atoms in total. The number of nitrogens with one attached hydrogen (secondary N) is 3. The SMILES string of the molecule is O=C(O)CC[C@H](NC(=O)N[C@@H](CCCCNC(=O)CCOCCOCCCCN(Cc1nccn1CC(=O)O)Cc1nccn1CC(=O)O)C(=O)O)C(=O)O.[Re]. The standard InChI is InChI=1S/C33H50N8O14.Re/c42-27(36-9-2-1-5-23(31(49)50)37-33(53)38-24(32(51)52)6-7-28(43)44)8-16-55-18-17-54-15-4-3-12-39(19-25-34-10-13-40(25)21-29(45)46)20-26-35-11-14-41(26)22-30(47)48;/h10-11,13-14,23-24H,1-9,12,15-22H2,(H,36,42)(H,43,44)(H,45,46)(H,47,48)(H,49,50)(H,51,52)(H2,37,38,53);/t23-,24-;/m0./s1. The first-order valence-corrected chi connectivity index (χ1v) is 17.6. The van der Waals surface area contributed by atoms with Crippen LogP contribution in [0, 0.1) is 0 Å². The number of imidazole rings is 2. The van der Waals surface area contributed by atoms with E-state index < -0.39 is 54.4 Å². The molecule has 2 aromatic heterocycles. The van der Waals surface area contributed by atoms with Crippen molar-refractivity contribution in [2.75, 3.05) is 39.5 Å². The van der Waals surface area contributed by atoms with E-state index in [1.54, 1.807) is 12.4 Å². The van der Waals surface area contributed by atoms with Crippen molar-refractivity contribution in [1.29, 1.82) is 0 Å². The fourth-order valence-electron chi connectivity index (χ4n) is 5.13. The van der Waals surface area contributed by atoms with Crippen molar-refractivity contribution in [3.8, 4) is 0 Å². The Morgan fingerprint density at radius 1 is 0.661 bits per heavy atom. The Hall–Kier alpha value is -4.95. The van der Waals surface area contributed by atoms with Crippen LogP contribution in [-0.4, -0.2) is 143 Å². The topological polar surface area (TPSA) is 314 Å². The van der Waals surface area contributed by atoms with Gasteiger partial charge >= 0.3 is 35.9 Å². The number of nitrogens with zero attached hydrogens (tertiary/aromatic N) is 5. The summed E-state index contributed by atoms with van der Waals surface area (Å²) in [7, 11) is 0. The van der Waals surface area contributed by atoms with E-state index in [0.29, 0.717) is 70.2 Å². The van der Waals surface area contributed by atoms with Crippen molar-refractivity contribution < 1.29 is 89.0 Å². The number of aliphatic carboxylic acids is 5. The van der Waals surface area contributed by atoms with Gasteiger partial charge in [0.15, 0.2) is 0 Å². The van der Waals surface area contributed by atoms with E-state index >= 15 is 0 Å². The molecule has 0 aliphatic carbocycles. The summed E-state index contributed by atoms with van der Waals surface area (Å²) in [5, 5.41) is 52.6. The van der Waals surface area contributed by atoms with Crippen molar-refractivity contribution in [3.05, 3.63) is 36.4 Å². The molecule has 8 N–H and O–H groups in total. The number of amides is 3. The van der Waals surface area contributed by atoms with Crippen LogP contribution in [0.3, 0.4) is 0 Å². The van der Waals surface area contributed by atoms with E-state index in [1.807, 2.05) is 4.90 Å². The van der Waals surface area contributed by atoms with E-state index in [4.69, 9.17) is 19.7 Å². The van der Waals surface area contributed by atoms with E-state index in [-0.39, 0.29) is 78.4 Å². The van der Waals surface area contributed by atoms with Crippen LogP contribution in [0.15, 0.2) is 24.8 Å². The molecule has 2 aromatic rings. The summed E-state index contributed by atoms with van der Waals surface area (Å²) >= 11 is 0. The maximum Gasteiger partial charge on any atom is 0.326 e. The van der Waals surface area contributed by atoms with Crippen LogP contribution < -0.4 is 16.0 Å². The van der Waals surface area contributed by atoms with Gasteiger partial charge in [0.1, 0.15) is 36.8 Å². The van der Waals surface area contributed by atoms with Crippen molar-refractivity contribution >= 4 is 41.8 Å². The maximum atomic E-state index is 12.1. The zero-order valence-electron chi connectivity index (χ0n) is 30.7. The largest absolute Gasteiger partial charge is 0.481 e. The van der Waals surface area contributed by atoms with Gasteiger partial charge in [0, 0.05) is 71.2 Å². The molecule has 23 heteroatoms. The average molecular weight is 969 g/mol. The van der Waals surface area contributed by atoms with E-state index in [0.717, 1.165) is 0 Å². The number of rotatable bonds is 31. The van der Waals surface area contributed by atoms with Crippen molar-refractivity contribution in [2.45, 2.75) is 89.6 Å². The molecule has 2 rings (SSSR count). The summed E-state index contributed by atoms with van der Waals surface area (Å²) in [4.78, 5) is 90.7. The number of hydrogen-bond acceptors (Lipinski definition) is 12. The number of aromatic nitrogens is 4. The maximum absolute atomic E-state index is 12.1. The van der Waals surface area contributed by atoms with E-state index in [1.165, 1.54) is 21.5 Å². The van der Waals surface area contributed by atoms with Crippen LogP contribution in [0.25, 0.3) is 0 Å². The van der Waals surface area contributed by atoms with Crippen molar-refractivity contribution in [2.24, 2.45) is 0 Å². The molecule has 0 fully saturated rings. The molecular formula is C33H50N8O14Re. The van der Waals surface area contributed by atoms with Gasteiger partial charge in [0.25, 0.3) is 0 Å². The second kappa shape index (κ2) is 27.6. The molecule has 2 atom stereocenters. The first kappa shape index (κ1) is 49.1. The number of urea groups is 1. The zero-order chi connectivity index (χ0) is 40.6. The molecule has 56 heavy (non-hydrogen) atoms. The normalized spacial score (nSPS) is 11.9. The number of hydrogen-bond donors (Lipinski definition) is 8. The molecule has 0 spiro atoms. The third-order valence-electron chi connectivity index (χ3n) is 7.90. The minimum Gasteiger partial charge on any atom is -0.481 e. The van der Waals surface area contributed by atoms with Crippen molar-refractivity contribution in [3.63, 3.8) is 0 Å². The second-order valence-corrected chi connectivity index (χ2v) is 12.3. The van der Waals surface area contributed by atoms with Crippen LogP contribution in [0.4, 0.5) is 4.79 Å². The summed E-state index contributed by atoms with van der Waals surface area (Å²) in [5.41, 5.74) is 0. The van der Waals surface area contributed by atoms with Crippen molar-refractivity contribution in [1.82, 2.24) is 40.0 Å². The number of carbonyl (C=O) groups is 7. The van der Waals surface area contributed by atoms with Gasteiger partial charge in [0.05, 0.1) is 32.9 Å². The molecule has 0 bridgehead atoms. The minimum atomic E-state index is -1.50. The molecule has 0 saturated heterocycles. The van der Waals surface area contributed by atoms with Gasteiger partial charge in [-0.3, -0.25) is 24.1 Å². The third-order valence-corrected chi connectivity index (χ3v) is 7.90. The molecule has 0 aliphatic heterocycles. The van der Waals surface area contributed by atoms with Crippen LogP contribution in [0.5, 0.6) is 0 Å². The molecule has 0 saturated carbocycles. The smallest absolute Gasteiger partial charge is 0.326 e. The summed E-state index contributed by atoms with van der Waals surface area (Å²) in [6.07, 6.45) is 7.60. The predicted molar refractivity (Wildman–Crippen MR) is 188 cm³/mol. The first-order valence-electron chi connectivity index (χ1n) is 17.6. The Kier molecular flexibility index (Phi) is 24.2. The van der Waals surface area contributed by atoms with Gasteiger partial charge in [-0.2, -0.15) is 0 Å². The molecule has 3 amide bonds. The van der Waals surface area contributed by atoms with E-state index in [9.17, 15) is 48.9 Å². The summed E-state index contributed by atoms with van der Waals surface area (Å²) in [6, 6.07) is -3.88. The third kappa shape index (κ3) is 21.2. The molecule has 0 aromatic carbocycles. The Balaban J connectivity index is 0.0000157. The molecule has 0 unspecified atom stereocenters. The Morgan fingerprint density at radius 2 is 1.20 bits per heavy atom. The second-order valence-electron chi connectivity index (χ2n) is 12.3. The number of unbranched alkanes of at least 4 members (excludes halogenated alkanes) is 2. The van der Waals surface area contributed by atoms with Gasteiger partial charge in [-0.05, 0) is 45.1 Å². The average Bonchev–Trinajstić information content (AvgIpc) is 3.73. The minimum absolute atomic E-state index is 0. The summed E-state index contributed by atoms with van der Waals surface area (Å²) in [6.45, 7) is 2.18. The Labute approximate surface area is 335 Å². The van der Waals surface area contributed by atoms with Crippen LogP contribution in [0.2, 0.25) is 0 Å². The number of ether oxygens (including phenoxy) is 2. The molecule has 313 valence electrons. The van der Waals surface area contributed by atoms with Crippen LogP contribution in [0.1, 0.15) is 63.0 Å². The fourth-order valence-corrected chi connectivity index (χ4v) is 5.13. The Bertz CT molecular complexity index is 1500. The van der Waals surface area contributed by atoms with Gasteiger partial charge in [-0.1, -0.05) is 0 Å². The molecule has 0 aliphatic rings. The first-order chi connectivity index (χ1) is 26.2. The van der Waals surface area contributed by atoms with Crippen LogP contribution >= 0.6 is 0 Å². The monoisotopic (exact) mass is 969 g/mol. The number of carboxylic acid groups (broad SMARTS) is 5. The van der Waals surface area contributed by atoms with Gasteiger partial charge < -0.3 is 60.1 Å². The Morgan fingerprint density at radius 3 is 1.71 bits per heavy atom. The molecule has 2 heterocycles. The van der Waals surface area contributed by atoms with Crippen LogP contribution in [-0.2, 0) is 84.8 Å². The zero-order valence-corrected chi connectivity index (χ0v) is 33.4. The van der Waals surface area contributed by atoms with E-state index in [2.05, 4.69) is 25.9 Å². The molecular weight excluding hydrogens is 919 g/mol. The number of carbonyl (C=O) groups excluding carboxylic acids is 2. The molecule has 1 radical (unpaired) electrons. The summed E-state index contributed by atoms with van der Waals surface area (Å²) < 4.78 is 14.2.